The Morgan fingerprint density at radius 2 is 1.84 bits per heavy atom. The van der Waals surface area contributed by atoms with E-state index in [-0.39, 0.29) is 5.60 Å². The van der Waals surface area contributed by atoms with E-state index in [1.807, 2.05) is 24.3 Å². The van der Waals surface area contributed by atoms with E-state index in [2.05, 4.69) is 18.8 Å². The quantitative estimate of drug-likeness (QED) is 0.634. The molecule has 1 aromatic carbocycles. The highest BCUT2D eigenvalue weighted by atomic mass is 35.5. The van der Waals surface area contributed by atoms with Gasteiger partial charge in [-0.05, 0) is 24.5 Å². The highest BCUT2D eigenvalue weighted by Crippen LogP contribution is 2.46. The highest BCUT2D eigenvalue weighted by molar-refractivity contribution is 6.37. The average Bonchev–Trinajstić information content (AvgIpc) is 3.02. The fourth-order valence-electron chi connectivity index (χ4n) is 3.21. The minimum absolute atomic E-state index is 0.161. The van der Waals surface area contributed by atoms with Crippen molar-refractivity contribution in [2.75, 3.05) is 7.11 Å². The topological polar surface area (TPSA) is 31.4 Å². The summed E-state index contributed by atoms with van der Waals surface area (Å²) in [5.74, 6) is 1.62. The number of benzene rings is 1. The Morgan fingerprint density at radius 3 is 2.44 bits per heavy atom. The van der Waals surface area contributed by atoms with E-state index in [1.165, 1.54) is 5.56 Å². The van der Waals surface area contributed by atoms with Crippen molar-refractivity contribution in [3.8, 4) is 11.5 Å². The maximum absolute atomic E-state index is 6.33. The van der Waals surface area contributed by atoms with Crippen LogP contribution >= 0.6 is 23.2 Å². The highest BCUT2D eigenvalue weighted by Gasteiger charge is 2.38. The van der Waals surface area contributed by atoms with E-state index in [9.17, 15) is 0 Å². The standard InChI is InChI=1S/C20H21Cl2NO2/c1-4-20(5-2)10-15-13(7-9-18(24-3)19(15)25-20)6-8-14-16(21)11-23-12-17(14)22/h6-9,11-12H,4-5,10H2,1-3H3/b8-6+. The number of hydrogen-bond acceptors (Lipinski definition) is 3. The molecule has 1 aliphatic heterocycles. The predicted molar refractivity (Wildman–Crippen MR) is 104 cm³/mol. The molecule has 5 heteroatoms. The molecule has 0 fully saturated rings. The van der Waals surface area contributed by atoms with Crippen LogP contribution in [0.4, 0.5) is 0 Å². The number of rotatable bonds is 5. The van der Waals surface area contributed by atoms with Crippen molar-refractivity contribution in [2.45, 2.75) is 38.7 Å². The van der Waals surface area contributed by atoms with Gasteiger partial charge in [0.05, 0.1) is 17.2 Å². The van der Waals surface area contributed by atoms with Gasteiger partial charge in [0, 0.05) is 29.9 Å². The lowest BCUT2D eigenvalue weighted by Gasteiger charge is -2.25. The van der Waals surface area contributed by atoms with Crippen LogP contribution < -0.4 is 9.47 Å². The monoisotopic (exact) mass is 377 g/mol. The number of aromatic nitrogens is 1. The van der Waals surface area contributed by atoms with Crippen molar-refractivity contribution in [3.63, 3.8) is 0 Å². The number of hydrogen-bond donors (Lipinski definition) is 0. The number of nitrogens with zero attached hydrogens (tertiary/aromatic N) is 1. The zero-order valence-electron chi connectivity index (χ0n) is 14.6. The molecule has 132 valence electrons. The van der Waals surface area contributed by atoms with E-state index in [0.717, 1.165) is 41.9 Å². The van der Waals surface area contributed by atoms with Crippen LogP contribution in [0.1, 0.15) is 43.4 Å². The van der Waals surface area contributed by atoms with Gasteiger partial charge in [0.15, 0.2) is 11.5 Å². The summed E-state index contributed by atoms with van der Waals surface area (Å²) in [6, 6.07) is 3.98. The van der Waals surface area contributed by atoms with Gasteiger partial charge in [0.1, 0.15) is 5.60 Å². The average molecular weight is 378 g/mol. The molecule has 0 amide bonds. The summed E-state index contributed by atoms with van der Waals surface area (Å²) in [6.45, 7) is 4.32. The van der Waals surface area contributed by atoms with Crippen molar-refractivity contribution in [2.24, 2.45) is 0 Å². The summed E-state index contributed by atoms with van der Waals surface area (Å²) >= 11 is 12.4. The van der Waals surface area contributed by atoms with Gasteiger partial charge in [0.2, 0.25) is 0 Å². The largest absolute Gasteiger partial charge is 0.493 e. The zero-order chi connectivity index (χ0) is 18.0. The summed E-state index contributed by atoms with van der Waals surface area (Å²) in [6.07, 6.45) is 9.90. The third kappa shape index (κ3) is 3.36. The smallest absolute Gasteiger partial charge is 0.165 e. The fraction of sp³-hybridized carbons (Fsp3) is 0.350. The van der Waals surface area contributed by atoms with Crippen molar-refractivity contribution in [1.29, 1.82) is 0 Å². The Bertz CT molecular complexity index is 793. The second-order valence-electron chi connectivity index (χ2n) is 6.18. The van der Waals surface area contributed by atoms with Crippen molar-refractivity contribution in [1.82, 2.24) is 4.98 Å². The predicted octanol–water partition coefficient (Wildman–Crippen LogP) is 6.06. The third-order valence-electron chi connectivity index (χ3n) is 4.91. The molecule has 0 spiro atoms. The van der Waals surface area contributed by atoms with Crippen molar-refractivity contribution in [3.05, 3.63) is 51.3 Å². The van der Waals surface area contributed by atoms with Gasteiger partial charge in [-0.2, -0.15) is 0 Å². The lowest BCUT2D eigenvalue weighted by molar-refractivity contribution is 0.0828. The molecule has 0 saturated heterocycles. The van der Waals surface area contributed by atoms with Gasteiger partial charge in [-0.3, -0.25) is 4.98 Å². The van der Waals surface area contributed by atoms with Gasteiger partial charge in [-0.25, -0.2) is 0 Å². The molecule has 0 atom stereocenters. The molecule has 0 radical (unpaired) electrons. The SMILES string of the molecule is CCC1(CC)Cc2c(/C=C/c3c(Cl)cncc3Cl)ccc(OC)c2O1. The summed E-state index contributed by atoms with van der Waals surface area (Å²) in [4.78, 5) is 3.99. The number of fused-ring (bicyclic) bond motifs is 1. The number of halogens is 2. The van der Waals surface area contributed by atoms with Gasteiger partial charge in [-0.1, -0.05) is 55.3 Å². The van der Waals surface area contributed by atoms with Crippen molar-refractivity contribution < 1.29 is 9.47 Å². The third-order valence-corrected chi connectivity index (χ3v) is 5.51. The Kier molecular flexibility index (Phi) is 5.26. The van der Waals surface area contributed by atoms with Crippen molar-refractivity contribution >= 4 is 35.4 Å². The van der Waals surface area contributed by atoms with E-state index < -0.39 is 0 Å². The molecule has 0 N–H and O–H groups in total. The number of methoxy groups -OCH3 is 1. The molecule has 0 saturated carbocycles. The first-order chi connectivity index (χ1) is 12.0. The fourth-order valence-corrected chi connectivity index (χ4v) is 3.70. The molecular formula is C20H21Cl2NO2. The van der Waals surface area contributed by atoms with Gasteiger partial charge < -0.3 is 9.47 Å². The summed E-state index contributed by atoms with van der Waals surface area (Å²) in [5, 5.41) is 1.06. The summed E-state index contributed by atoms with van der Waals surface area (Å²) in [7, 11) is 1.67. The first kappa shape index (κ1) is 18.1. The van der Waals surface area contributed by atoms with Crippen LogP contribution in [0.3, 0.4) is 0 Å². The normalized spacial score (nSPS) is 15.2. The lowest BCUT2D eigenvalue weighted by atomic mass is 9.89. The maximum atomic E-state index is 6.33. The van der Waals surface area contributed by atoms with Gasteiger partial charge in [0.25, 0.3) is 0 Å². The van der Waals surface area contributed by atoms with Crippen LogP contribution in [0.15, 0.2) is 24.5 Å². The molecule has 1 aliphatic rings. The Labute approximate surface area is 158 Å². The van der Waals surface area contributed by atoms with Crippen LogP contribution in [0.25, 0.3) is 12.2 Å². The molecule has 0 aliphatic carbocycles. The Hall–Kier alpha value is -1.71. The minimum atomic E-state index is -0.161. The lowest BCUT2D eigenvalue weighted by Crippen LogP contribution is -2.32. The molecule has 1 aromatic heterocycles. The van der Waals surface area contributed by atoms with Gasteiger partial charge in [-0.15, -0.1) is 0 Å². The molecule has 3 rings (SSSR count). The minimum Gasteiger partial charge on any atom is -0.493 e. The summed E-state index contributed by atoms with van der Waals surface area (Å²) < 4.78 is 11.8. The molecular weight excluding hydrogens is 357 g/mol. The van der Waals surface area contributed by atoms with E-state index in [1.54, 1.807) is 19.5 Å². The van der Waals surface area contributed by atoms with E-state index in [0.29, 0.717) is 10.0 Å². The maximum Gasteiger partial charge on any atom is 0.165 e. The molecule has 25 heavy (non-hydrogen) atoms. The van der Waals surface area contributed by atoms with Crippen LogP contribution in [-0.4, -0.2) is 17.7 Å². The number of pyridine rings is 1. The van der Waals surface area contributed by atoms with Crippen LogP contribution in [0.5, 0.6) is 11.5 Å². The Balaban J connectivity index is 2.03. The molecule has 2 aromatic rings. The Morgan fingerprint density at radius 1 is 1.16 bits per heavy atom. The molecule has 2 heterocycles. The van der Waals surface area contributed by atoms with Crippen LogP contribution in [0, 0.1) is 0 Å². The molecule has 3 nitrogen and oxygen atoms in total. The number of ether oxygens (including phenoxy) is 2. The van der Waals surface area contributed by atoms with Gasteiger partial charge >= 0.3 is 0 Å². The molecule has 0 bridgehead atoms. The second-order valence-corrected chi connectivity index (χ2v) is 7.00. The summed E-state index contributed by atoms with van der Waals surface area (Å²) in [5.41, 5.74) is 2.86. The van der Waals surface area contributed by atoms with E-state index in [4.69, 9.17) is 32.7 Å². The second kappa shape index (κ2) is 7.27. The van der Waals surface area contributed by atoms with Crippen LogP contribution in [-0.2, 0) is 6.42 Å². The molecule has 0 unspecified atom stereocenters. The van der Waals surface area contributed by atoms with E-state index >= 15 is 0 Å². The first-order valence-corrected chi connectivity index (χ1v) is 9.15. The first-order valence-electron chi connectivity index (χ1n) is 8.39. The zero-order valence-corrected chi connectivity index (χ0v) is 16.1. The van der Waals surface area contributed by atoms with Crippen LogP contribution in [0.2, 0.25) is 10.0 Å².